The predicted molar refractivity (Wildman–Crippen MR) is 73.3 cm³/mol. The lowest BCUT2D eigenvalue weighted by molar-refractivity contribution is -0.118. The third-order valence-corrected chi connectivity index (χ3v) is 3.80. The van der Waals surface area contributed by atoms with Crippen LogP contribution in [0.2, 0.25) is 0 Å². The summed E-state index contributed by atoms with van der Waals surface area (Å²) in [5, 5.41) is 0. The van der Waals surface area contributed by atoms with Gasteiger partial charge in [0.1, 0.15) is 5.82 Å². The normalized spacial score (nSPS) is 19.9. The van der Waals surface area contributed by atoms with E-state index in [0.29, 0.717) is 0 Å². The third-order valence-electron chi connectivity index (χ3n) is 3.80. The Morgan fingerprint density at radius 2 is 1.74 bits per heavy atom. The zero-order valence-electron chi connectivity index (χ0n) is 11.0. The second kappa shape index (κ2) is 5.42. The molecular weight excluding hydrogens is 242 g/mol. The van der Waals surface area contributed by atoms with Gasteiger partial charge in [-0.15, -0.1) is 0 Å². The number of nitrogens with zero attached hydrogens (tertiary/aromatic N) is 5. The van der Waals surface area contributed by atoms with Gasteiger partial charge in [-0.2, -0.15) is 4.98 Å². The number of piperazine rings is 1. The van der Waals surface area contributed by atoms with Gasteiger partial charge < -0.3 is 14.7 Å². The molecule has 0 unspecified atom stereocenters. The molecular formula is C13H19N5O. The highest BCUT2D eigenvalue weighted by Gasteiger charge is 2.19. The summed E-state index contributed by atoms with van der Waals surface area (Å²) < 4.78 is 0. The van der Waals surface area contributed by atoms with E-state index < -0.39 is 0 Å². The molecule has 6 nitrogen and oxygen atoms in total. The number of carbonyl (C=O) groups is 1. The van der Waals surface area contributed by atoms with Crippen LogP contribution in [-0.2, 0) is 4.79 Å². The minimum atomic E-state index is 0.770. The standard InChI is InChI=1S/C13H19N5O/c19-11-16-7-9-17(10-8-16)12-3-4-14-13(15-12)18-5-1-2-6-18/h3-4,11H,1-2,5-10H2. The van der Waals surface area contributed by atoms with E-state index in [2.05, 4.69) is 19.8 Å². The molecule has 6 heteroatoms. The highest BCUT2D eigenvalue weighted by atomic mass is 16.1. The van der Waals surface area contributed by atoms with Gasteiger partial charge in [0.25, 0.3) is 0 Å². The van der Waals surface area contributed by atoms with Crippen LogP contribution in [0.15, 0.2) is 12.3 Å². The van der Waals surface area contributed by atoms with Gasteiger partial charge in [0.2, 0.25) is 12.4 Å². The summed E-state index contributed by atoms with van der Waals surface area (Å²) in [5.74, 6) is 1.82. The van der Waals surface area contributed by atoms with Crippen molar-refractivity contribution in [2.24, 2.45) is 0 Å². The molecule has 0 aliphatic carbocycles. The second-order valence-corrected chi connectivity index (χ2v) is 5.04. The molecule has 19 heavy (non-hydrogen) atoms. The molecule has 1 amide bonds. The Hall–Kier alpha value is -1.85. The topological polar surface area (TPSA) is 52.6 Å². The quantitative estimate of drug-likeness (QED) is 0.735. The van der Waals surface area contributed by atoms with Gasteiger partial charge >= 0.3 is 0 Å². The van der Waals surface area contributed by atoms with Crippen LogP contribution in [-0.4, -0.2) is 60.5 Å². The lowest BCUT2D eigenvalue weighted by Crippen LogP contribution is -2.46. The van der Waals surface area contributed by atoms with Gasteiger partial charge in [0, 0.05) is 45.5 Å². The number of hydrogen-bond donors (Lipinski definition) is 0. The molecule has 0 spiro atoms. The van der Waals surface area contributed by atoms with Crippen LogP contribution in [0.4, 0.5) is 11.8 Å². The van der Waals surface area contributed by atoms with E-state index >= 15 is 0 Å². The molecule has 0 atom stereocenters. The molecule has 3 heterocycles. The highest BCUT2D eigenvalue weighted by molar-refractivity contribution is 5.49. The van der Waals surface area contributed by atoms with Crippen molar-refractivity contribution in [2.75, 3.05) is 49.1 Å². The molecule has 1 aromatic rings. The van der Waals surface area contributed by atoms with E-state index in [9.17, 15) is 4.79 Å². The van der Waals surface area contributed by atoms with Crippen molar-refractivity contribution in [1.82, 2.24) is 14.9 Å². The number of hydrogen-bond acceptors (Lipinski definition) is 5. The van der Waals surface area contributed by atoms with Crippen LogP contribution in [0.3, 0.4) is 0 Å². The van der Waals surface area contributed by atoms with Gasteiger partial charge in [0.05, 0.1) is 0 Å². The van der Waals surface area contributed by atoms with E-state index in [1.165, 1.54) is 12.8 Å². The molecule has 1 aromatic heterocycles. The summed E-state index contributed by atoms with van der Waals surface area (Å²) in [5.41, 5.74) is 0. The second-order valence-electron chi connectivity index (χ2n) is 5.04. The zero-order chi connectivity index (χ0) is 13.1. The molecule has 2 fully saturated rings. The van der Waals surface area contributed by atoms with Crippen LogP contribution in [0.1, 0.15) is 12.8 Å². The summed E-state index contributed by atoms with van der Waals surface area (Å²) in [4.78, 5) is 26.0. The molecule has 0 bridgehead atoms. The molecule has 0 saturated carbocycles. The van der Waals surface area contributed by atoms with Gasteiger partial charge in [-0.1, -0.05) is 0 Å². The Kier molecular flexibility index (Phi) is 3.48. The maximum atomic E-state index is 10.7. The number of aromatic nitrogens is 2. The Labute approximate surface area is 113 Å². The van der Waals surface area contributed by atoms with Gasteiger partial charge in [0.15, 0.2) is 0 Å². The first-order valence-electron chi connectivity index (χ1n) is 6.89. The van der Waals surface area contributed by atoms with Crippen molar-refractivity contribution in [3.8, 4) is 0 Å². The molecule has 102 valence electrons. The molecule has 0 N–H and O–H groups in total. The average Bonchev–Trinajstić information content (AvgIpc) is 3.02. The van der Waals surface area contributed by atoms with Crippen molar-refractivity contribution in [3.63, 3.8) is 0 Å². The first-order valence-corrected chi connectivity index (χ1v) is 6.89. The summed E-state index contributed by atoms with van der Waals surface area (Å²) in [6.07, 6.45) is 5.21. The fourth-order valence-corrected chi connectivity index (χ4v) is 2.64. The predicted octanol–water partition coefficient (Wildman–Crippen LogP) is 0.355. The molecule has 2 aliphatic heterocycles. The first-order chi connectivity index (χ1) is 9.36. The summed E-state index contributed by atoms with van der Waals surface area (Å²) in [7, 11) is 0. The Balaban J connectivity index is 1.70. The van der Waals surface area contributed by atoms with E-state index in [0.717, 1.165) is 57.4 Å². The third kappa shape index (κ3) is 2.62. The molecule has 0 radical (unpaired) electrons. The minimum absolute atomic E-state index is 0.770. The number of rotatable bonds is 3. The molecule has 0 aromatic carbocycles. The van der Waals surface area contributed by atoms with Crippen LogP contribution in [0, 0.1) is 0 Å². The van der Waals surface area contributed by atoms with Crippen LogP contribution in [0.5, 0.6) is 0 Å². The van der Waals surface area contributed by atoms with E-state index in [1.54, 1.807) is 4.90 Å². The number of carbonyl (C=O) groups excluding carboxylic acids is 1. The molecule has 2 saturated heterocycles. The fourth-order valence-electron chi connectivity index (χ4n) is 2.64. The van der Waals surface area contributed by atoms with Crippen molar-refractivity contribution in [3.05, 3.63) is 12.3 Å². The van der Waals surface area contributed by atoms with Crippen molar-refractivity contribution >= 4 is 18.2 Å². The summed E-state index contributed by atoms with van der Waals surface area (Å²) >= 11 is 0. The smallest absolute Gasteiger partial charge is 0.227 e. The zero-order valence-corrected chi connectivity index (χ0v) is 11.0. The molecule has 2 aliphatic rings. The van der Waals surface area contributed by atoms with E-state index in [1.807, 2.05) is 12.3 Å². The SMILES string of the molecule is O=CN1CCN(c2ccnc(N3CCCC3)n2)CC1. The Morgan fingerprint density at radius 1 is 1.00 bits per heavy atom. The average molecular weight is 261 g/mol. The van der Waals surface area contributed by atoms with Gasteiger partial charge in [-0.25, -0.2) is 4.98 Å². The number of anilines is 2. The molecule has 3 rings (SSSR count). The first kappa shape index (κ1) is 12.2. The maximum absolute atomic E-state index is 10.7. The number of amides is 1. The minimum Gasteiger partial charge on any atom is -0.353 e. The van der Waals surface area contributed by atoms with Gasteiger partial charge in [-0.3, -0.25) is 4.79 Å². The lowest BCUT2D eigenvalue weighted by Gasteiger charge is -2.33. The Morgan fingerprint density at radius 3 is 2.42 bits per heavy atom. The monoisotopic (exact) mass is 261 g/mol. The summed E-state index contributed by atoms with van der Waals surface area (Å²) in [6, 6.07) is 1.95. The van der Waals surface area contributed by atoms with Crippen molar-refractivity contribution < 1.29 is 4.79 Å². The van der Waals surface area contributed by atoms with Gasteiger partial charge in [-0.05, 0) is 18.9 Å². The van der Waals surface area contributed by atoms with Crippen molar-refractivity contribution in [2.45, 2.75) is 12.8 Å². The summed E-state index contributed by atoms with van der Waals surface area (Å²) in [6.45, 7) is 5.34. The largest absolute Gasteiger partial charge is 0.353 e. The van der Waals surface area contributed by atoms with Crippen LogP contribution < -0.4 is 9.80 Å². The van der Waals surface area contributed by atoms with Crippen LogP contribution in [0.25, 0.3) is 0 Å². The Bertz CT molecular complexity index is 438. The van der Waals surface area contributed by atoms with Crippen LogP contribution >= 0.6 is 0 Å². The van der Waals surface area contributed by atoms with E-state index in [4.69, 9.17) is 0 Å². The van der Waals surface area contributed by atoms with E-state index in [-0.39, 0.29) is 0 Å². The highest BCUT2D eigenvalue weighted by Crippen LogP contribution is 2.19. The maximum Gasteiger partial charge on any atom is 0.227 e. The lowest BCUT2D eigenvalue weighted by atomic mass is 10.3. The fraction of sp³-hybridized carbons (Fsp3) is 0.615. The van der Waals surface area contributed by atoms with Crippen molar-refractivity contribution in [1.29, 1.82) is 0 Å².